The molecule has 1 heterocycles. The van der Waals surface area contributed by atoms with Crippen molar-refractivity contribution >= 4 is 21.8 Å². The molecule has 1 saturated heterocycles. The monoisotopic (exact) mass is 361 g/mol. The topological polar surface area (TPSA) is 20.3 Å². The zero-order valence-electron chi connectivity index (χ0n) is 13.5. The van der Waals surface area contributed by atoms with Gasteiger partial charge in [0, 0.05) is 29.9 Å². The summed E-state index contributed by atoms with van der Waals surface area (Å²) >= 11 is 3.51. The molecule has 1 aliphatic carbocycles. The maximum absolute atomic E-state index is 12.8. The minimum absolute atomic E-state index is 0.136. The van der Waals surface area contributed by atoms with Crippen molar-refractivity contribution in [3.05, 3.63) is 46.5 Å². The Bertz CT molecular complexity index is 578. The molecule has 1 aromatic carbocycles. The van der Waals surface area contributed by atoms with E-state index in [2.05, 4.69) is 66.2 Å². The standard InChI is InChI=1S/C19H24BrNO/c1-12(2)15-8-9-16(13-4-6-14(20)7-5-13)17-10-11-21(3)19(22)18(15)17/h4-9,12,15-18H,10-11H2,1-3H3/t15-,16+,17+,18+/m0/s1. The van der Waals surface area contributed by atoms with Crippen LogP contribution in [0.3, 0.4) is 0 Å². The van der Waals surface area contributed by atoms with Gasteiger partial charge in [-0.2, -0.15) is 0 Å². The van der Waals surface area contributed by atoms with Crippen LogP contribution < -0.4 is 0 Å². The van der Waals surface area contributed by atoms with Gasteiger partial charge in [-0.3, -0.25) is 4.79 Å². The molecular formula is C19H24BrNO. The Morgan fingerprint density at radius 2 is 1.86 bits per heavy atom. The van der Waals surface area contributed by atoms with Crippen LogP contribution in [0, 0.1) is 23.7 Å². The molecule has 3 heteroatoms. The molecule has 0 radical (unpaired) electrons. The highest BCUT2D eigenvalue weighted by atomic mass is 79.9. The molecule has 0 N–H and O–H groups in total. The SMILES string of the molecule is CC(C)[C@@H]1C=C[C@H](c2ccc(Br)cc2)[C@H]2CCN(C)C(=O)[C@@H]21. The Balaban J connectivity index is 1.98. The molecule has 3 rings (SSSR count). The maximum atomic E-state index is 12.8. The number of halogens is 1. The number of carbonyl (C=O) groups is 1. The molecule has 4 atom stereocenters. The molecular weight excluding hydrogens is 338 g/mol. The Kier molecular flexibility index (Phi) is 4.44. The largest absolute Gasteiger partial charge is 0.345 e. The summed E-state index contributed by atoms with van der Waals surface area (Å²) in [6.07, 6.45) is 5.75. The van der Waals surface area contributed by atoms with Gasteiger partial charge in [0.1, 0.15) is 0 Å². The van der Waals surface area contributed by atoms with E-state index in [4.69, 9.17) is 0 Å². The van der Waals surface area contributed by atoms with Gasteiger partial charge in [0.15, 0.2) is 0 Å². The molecule has 0 aromatic heterocycles. The van der Waals surface area contributed by atoms with E-state index >= 15 is 0 Å². The summed E-state index contributed by atoms with van der Waals surface area (Å²) in [5.74, 6) is 2.14. The first-order chi connectivity index (χ1) is 10.5. The summed E-state index contributed by atoms with van der Waals surface area (Å²) < 4.78 is 1.10. The molecule has 1 aliphatic heterocycles. The van der Waals surface area contributed by atoms with Gasteiger partial charge >= 0.3 is 0 Å². The second-order valence-electron chi connectivity index (χ2n) is 7.02. The second kappa shape index (κ2) is 6.19. The van der Waals surface area contributed by atoms with Crippen LogP contribution in [-0.4, -0.2) is 24.4 Å². The zero-order valence-corrected chi connectivity index (χ0v) is 15.1. The number of rotatable bonds is 2. The molecule has 22 heavy (non-hydrogen) atoms. The molecule has 0 bridgehead atoms. The highest BCUT2D eigenvalue weighted by Gasteiger charge is 2.45. The van der Waals surface area contributed by atoms with E-state index in [0.29, 0.717) is 29.6 Å². The number of allylic oxidation sites excluding steroid dienone is 2. The molecule has 1 aromatic rings. The van der Waals surface area contributed by atoms with Crippen molar-refractivity contribution in [2.75, 3.05) is 13.6 Å². The van der Waals surface area contributed by atoms with Gasteiger partial charge in [-0.1, -0.05) is 54.1 Å². The molecule has 2 nitrogen and oxygen atoms in total. The number of carbonyl (C=O) groups excluding carboxylic acids is 1. The van der Waals surface area contributed by atoms with E-state index < -0.39 is 0 Å². The fraction of sp³-hybridized carbons (Fsp3) is 0.526. The van der Waals surface area contributed by atoms with Crippen LogP contribution in [0.2, 0.25) is 0 Å². The molecule has 118 valence electrons. The van der Waals surface area contributed by atoms with Crippen molar-refractivity contribution < 1.29 is 4.79 Å². The molecule has 0 saturated carbocycles. The fourth-order valence-electron chi connectivity index (χ4n) is 4.11. The normalized spacial score (nSPS) is 31.5. The van der Waals surface area contributed by atoms with Gasteiger partial charge in [-0.15, -0.1) is 0 Å². The van der Waals surface area contributed by atoms with Gasteiger partial charge < -0.3 is 4.90 Å². The lowest BCUT2D eigenvalue weighted by molar-refractivity contribution is -0.143. The minimum atomic E-state index is 0.136. The number of likely N-dealkylation sites (tertiary alicyclic amines) is 1. The first kappa shape index (κ1) is 15.8. The van der Waals surface area contributed by atoms with E-state index in [9.17, 15) is 4.79 Å². The average molecular weight is 362 g/mol. The summed E-state index contributed by atoms with van der Waals surface area (Å²) in [6.45, 7) is 5.34. The van der Waals surface area contributed by atoms with Crippen LogP contribution in [0.4, 0.5) is 0 Å². The van der Waals surface area contributed by atoms with Crippen molar-refractivity contribution in [1.29, 1.82) is 0 Å². The fourth-order valence-corrected chi connectivity index (χ4v) is 4.38. The first-order valence-electron chi connectivity index (χ1n) is 8.18. The molecule has 0 spiro atoms. The zero-order chi connectivity index (χ0) is 15.9. The van der Waals surface area contributed by atoms with Crippen molar-refractivity contribution in [2.45, 2.75) is 26.2 Å². The highest BCUT2D eigenvalue weighted by Crippen LogP contribution is 2.46. The van der Waals surface area contributed by atoms with E-state index in [-0.39, 0.29) is 5.92 Å². The Morgan fingerprint density at radius 1 is 1.18 bits per heavy atom. The molecule has 2 aliphatic rings. The van der Waals surface area contributed by atoms with E-state index in [0.717, 1.165) is 17.4 Å². The lowest BCUT2D eigenvalue weighted by Crippen LogP contribution is -2.49. The number of fused-ring (bicyclic) bond motifs is 1. The Labute approximate surface area is 141 Å². The quantitative estimate of drug-likeness (QED) is 0.711. The highest BCUT2D eigenvalue weighted by molar-refractivity contribution is 9.10. The summed E-state index contributed by atoms with van der Waals surface area (Å²) in [5, 5.41) is 0. The van der Waals surface area contributed by atoms with Crippen LogP contribution in [0.25, 0.3) is 0 Å². The summed E-state index contributed by atoms with van der Waals surface area (Å²) in [7, 11) is 1.95. The van der Waals surface area contributed by atoms with Crippen LogP contribution in [0.1, 0.15) is 31.7 Å². The van der Waals surface area contributed by atoms with Gasteiger partial charge in [-0.25, -0.2) is 0 Å². The van der Waals surface area contributed by atoms with Crippen LogP contribution in [0.15, 0.2) is 40.9 Å². The smallest absolute Gasteiger partial charge is 0.226 e. The lowest BCUT2D eigenvalue weighted by Gasteiger charge is -2.46. The van der Waals surface area contributed by atoms with Crippen molar-refractivity contribution in [2.24, 2.45) is 23.7 Å². The summed E-state index contributed by atoms with van der Waals surface area (Å²) in [4.78, 5) is 14.7. The van der Waals surface area contributed by atoms with Crippen molar-refractivity contribution in [3.8, 4) is 0 Å². The molecule has 1 amide bonds. The third kappa shape index (κ3) is 2.76. The number of piperidine rings is 1. The third-order valence-electron chi connectivity index (χ3n) is 5.36. The maximum Gasteiger partial charge on any atom is 0.226 e. The van der Waals surface area contributed by atoms with E-state index in [1.54, 1.807) is 0 Å². The number of hydrogen-bond donors (Lipinski definition) is 0. The number of amides is 1. The molecule has 0 unspecified atom stereocenters. The average Bonchev–Trinajstić information content (AvgIpc) is 2.50. The van der Waals surface area contributed by atoms with Crippen LogP contribution in [-0.2, 0) is 4.79 Å². The Morgan fingerprint density at radius 3 is 2.50 bits per heavy atom. The van der Waals surface area contributed by atoms with Gasteiger partial charge in [0.2, 0.25) is 5.91 Å². The number of nitrogens with zero attached hydrogens (tertiary/aromatic N) is 1. The minimum Gasteiger partial charge on any atom is -0.345 e. The van der Waals surface area contributed by atoms with Crippen LogP contribution in [0.5, 0.6) is 0 Å². The lowest BCUT2D eigenvalue weighted by atomic mass is 9.63. The predicted octanol–water partition coefficient (Wildman–Crippen LogP) is 4.47. The first-order valence-corrected chi connectivity index (χ1v) is 8.97. The number of benzene rings is 1. The van der Waals surface area contributed by atoms with Gasteiger partial charge in [-0.05, 0) is 41.9 Å². The van der Waals surface area contributed by atoms with Crippen LogP contribution >= 0.6 is 15.9 Å². The van der Waals surface area contributed by atoms with E-state index in [1.807, 2.05) is 11.9 Å². The third-order valence-corrected chi connectivity index (χ3v) is 5.89. The number of hydrogen-bond acceptors (Lipinski definition) is 1. The Hall–Kier alpha value is -1.09. The van der Waals surface area contributed by atoms with Crippen molar-refractivity contribution in [3.63, 3.8) is 0 Å². The second-order valence-corrected chi connectivity index (χ2v) is 7.94. The molecule has 1 fully saturated rings. The summed E-state index contributed by atoms with van der Waals surface area (Å²) in [6, 6.07) is 8.58. The van der Waals surface area contributed by atoms with Gasteiger partial charge in [0.25, 0.3) is 0 Å². The van der Waals surface area contributed by atoms with E-state index in [1.165, 1.54) is 5.56 Å². The van der Waals surface area contributed by atoms with Gasteiger partial charge in [0.05, 0.1) is 0 Å². The summed E-state index contributed by atoms with van der Waals surface area (Å²) in [5.41, 5.74) is 1.33. The predicted molar refractivity (Wildman–Crippen MR) is 93.6 cm³/mol. The van der Waals surface area contributed by atoms with Crippen molar-refractivity contribution in [1.82, 2.24) is 4.90 Å².